The van der Waals surface area contributed by atoms with Crippen LogP contribution in [0.3, 0.4) is 0 Å². The molecule has 0 spiro atoms. The van der Waals surface area contributed by atoms with Crippen molar-refractivity contribution >= 4 is 11.8 Å². The lowest BCUT2D eigenvalue weighted by Crippen LogP contribution is -2.38. The Balaban J connectivity index is 2.36. The van der Waals surface area contributed by atoms with Crippen LogP contribution >= 0.6 is 11.8 Å². The summed E-state index contributed by atoms with van der Waals surface area (Å²) in [6, 6.07) is 0.770. The monoisotopic (exact) mass is 187 g/mol. The summed E-state index contributed by atoms with van der Waals surface area (Å²) in [5.41, 5.74) is 0. The Bertz CT molecular complexity index is 125. The Morgan fingerprint density at radius 2 is 1.92 bits per heavy atom. The topological polar surface area (TPSA) is 12.0 Å². The summed E-state index contributed by atoms with van der Waals surface area (Å²) < 4.78 is 0. The normalized spacial score (nSPS) is 31.0. The molecule has 0 heterocycles. The van der Waals surface area contributed by atoms with Gasteiger partial charge in [-0.3, -0.25) is 0 Å². The first-order valence-electron chi connectivity index (χ1n) is 5.06. The second kappa shape index (κ2) is 5.13. The summed E-state index contributed by atoms with van der Waals surface area (Å²) >= 11 is 2.15. The number of rotatable bonds is 3. The molecule has 0 aromatic heterocycles. The largest absolute Gasteiger partial charge is 0.316 e. The minimum Gasteiger partial charge on any atom is -0.316 e. The van der Waals surface area contributed by atoms with Gasteiger partial charge in [-0.1, -0.05) is 26.7 Å². The fourth-order valence-corrected chi connectivity index (χ4v) is 3.40. The molecule has 0 saturated heterocycles. The Labute approximate surface area is 80.7 Å². The second-order valence-electron chi connectivity index (χ2n) is 3.90. The molecule has 0 bridgehead atoms. The van der Waals surface area contributed by atoms with Gasteiger partial charge in [0.1, 0.15) is 0 Å². The average Bonchev–Trinajstić information content (AvgIpc) is 2.04. The molecule has 1 saturated carbocycles. The summed E-state index contributed by atoms with van der Waals surface area (Å²) in [7, 11) is 2.10. The maximum atomic E-state index is 3.44. The van der Waals surface area contributed by atoms with Crippen LogP contribution in [0.2, 0.25) is 0 Å². The van der Waals surface area contributed by atoms with Crippen molar-refractivity contribution < 1.29 is 0 Å². The molecule has 1 N–H and O–H groups in total. The van der Waals surface area contributed by atoms with Crippen LogP contribution in [0.15, 0.2) is 0 Å². The molecule has 0 amide bonds. The predicted octanol–water partition coefficient (Wildman–Crippen LogP) is 2.66. The van der Waals surface area contributed by atoms with Gasteiger partial charge in [0.2, 0.25) is 0 Å². The molecular formula is C10H21NS. The highest BCUT2D eigenvalue weighted by Crippen LogP contribution is 2.30. The van der Waals surface area contributed by atoms with Gasteiger partial charge in [0.15, 0.2) is 0 Å². The summed E-state index contributed by atoms with van der Waals surface area (Å²) in [4.78, 5) is 0. The summed E-state index contributed by atoms with van der Waals surface area (Å²) in [6.07, 6.45) is 5.64. The summed E-state index contributed by atoms with van der Waals surface area (Å²) in [6.45, 7) is 4.60. The minimum atomic E-state index is 0.770. The lowest BCUT2D eigenvalue weighted by Gasteiger charge is -2.31. The molecule has 2 atom stereocenters. The minimum absolute atomic E-state index is 0.770. The molecule has 2 heteroatoms. The number of thioether (sulfide) groups is 1. The third-order valence-electron chi connectivity index (χ3n) is 2.52. The van der Waals surface area contributed by atoms with Crippen LogP contribution < -0.4 is 5.32 Å². The third kappa shape index (κ3) is 2.98. The van der Waals surface area contributed by atoms with Crippen molar-refractivity contribution in [1.82, 2.24) is 5.32 Å². The summed E-state index contributed by atoms with van der Waals surface area (Å²) in [5.74, 6) is 0. The van der Waals surface area contributed by atoms with Gasteiger partial charge in [0, 0.05) is 11.3 Å². The summed E-state index contributed by atoms with van der Waals surface area (Å²) in [5, 5.41) is 5.08. The van der Waals surface area contributed by atoms with E-state index in [1.807, 2.05) is 0 Å². The lowest BCUT2D eigenvalue weighted by atomic mass is 9.95. The van der Waals surface area contributed by atoms with Crippen LogP contribution in [-0.2, 0) is 0 Å². The van der Waals surface area contributed by atoms with E-state index in [4.69, 9.17) is 0 Å². The van der Waals surface area contributed by atoms with E-state index < -0.39 is 0 Å². The van der Waals surface area contributed by atoms with Gasteiger partial charge in [-0.25, -0.2) is 0 Å². The maximum absolute atomic E-state index is 3.44. The number of hydrogen-bond donors (Lipinski definition) is 1. The predicted molar refractivity (Wildman–Crippen MR) is 57.8 cm³/mol. The highest BCUT2D eigenvalue weighted by Gasteiger charge is 2.24. The molecule has 1 aliphatic rings. The molecule has 2 unspecified atom stereocenters. The second-order valence-corrected chi connectivity index (χ2v) is 5.72. The van der Waals surface area contributed by atoms with Gasteiger partial charge < -0.3 is 5.32 Å². The van der Waals surface area contributed by atoms with Crippen LogP contribution in [0.4, 0.5) is 0 Å². The van der Waals surface area contributed by atoms with E-state index in [0.717, 1.165) is 16.5 Å². The van der Waals surface area contributed by atoms with E-state index in [1.54, 1.807) is 0 Å². The average molecular weight is 187 g/mol. The smallest absolute Gasteiger partial charge is 0.0203 e. The SMILES string of the molecule is CNC1CCCCC1SC(C)C. The van der Waals surface area contributed by atoms with Gasteiger partial charge in [-0.15, -0.1) is 0 Å². The Morgan fingerprint density at radius 3 is 2.50 bits per heavy atom. The number of hydrogen-bond acceptors (Lipinski definition) is 2. The molecule has 1 aliphatic carbocycles. The molecule has 72 valence electrons. The van der Waals surface area contributed by atoms with E-state index in [9.17, 15) is 0 Å². The van der Waals surface area contributed by atoms with Crippen molar-refractivity contribution in [1.29, 1.82) is 0 Å². The van der Waals surface area contributed by atoms with Crippen LogP contribution in [0, 0.1) is 0 Å². The van der Waals surface area contributed by atoms with Gasteiger partial charge >= 0.3 is 0 Å². The first-order chi connectivity index (χ1) is 5.74. The molecule has 0 radical (unpaired) electrons. The molecule has 0 aromatic carbocycles. The van der Waals surface area contributed by atoms with E-state index in [-0.39, 0.29) is 0 Å². The van der Waals surface area contributed by atoms with Crippen molar-refractivity contribution in [3.05, 3.63) is 0 Å². The van der Waals surface area contributed by atoms with Crippen molar-refractivity contribution in [2.75, 3.05) is 7.05 Å². The lowest BCUT2D eigenvalue weighted by molar-refractivity contribution is 0.405. The Kier molecular flexibility index (Phi) is 4.44. The highest BCUT2D eigenvalue weighted by molar-refractivity contribution is 8.00. The maximum Gasteiger partial charge on any atom is 0.0203 e. The number of nitrogens with one attached hydrogen (secondary N) is 1. The van der Waals surface area contributed by atoms with Crippen molar-refractivity contribution in [3.8, 4) is 0 Å². The van der Waals surface area contributed by atoms with Crippen LogP contribution in [0.5, 0.6) is 0 Å². The molecule has 1 nitrogen and oxygen atoms in total. The third-order valence-corrected chi connectivity index (χ3v) is 3.98. The fourth-order valence-electron chi connectivity index (χ4n) is 1.94. The van der Waals surface area contributed by atoms with Crippen LogP contribution in [0.1, 0.15) is 39.5 Å². The molecule has 1 fully saturated rings. The standard InChI is InChI=1S/C10H21NS/c1-8(2)12-10-7-5-4-6-9(10)11-3/h8-11H,4-7H2,1-3H3. The first-order valence-corrected chi connectivity index (χ1v) is 6.01. The zero-order valence-corrected chi connectivity index (χ0v) is 9.29. The van der Waals surface area contributed by atoms with Crippen LogP contribution in [-0.4, -0.2) is 23.6 Å². The van der Waals surface area contributed by atoms with Gasteiger partial charge in [-0.05, 0) is 25.1 Å². The fraction of sp³-hybridized carbons (Fsp3) is 1.00. The zero-order chi connectivity index (χ0) is 8.97. The highest BCUT2D eigenvalue weighted by atomic mass is 32.2. The van der Waals surface area contributed by atoms with Gasteiger partial charge in [0.25, 0.3) is 0 Å². The van der Waals surface area contributed by atoms with Crippen molar-refractivity contribution in [2.24, 2.45) is 0 Å². The van der Waals surface area contributed by atoms with Crippen molar-refractivity contribution in [3.63, 3.8) is 0 Å². The van der Waals surface area contributed by atoms with E-state index >= 15 is 0 Å². The molecule has 0 aromatic rings. The van der Waals surface area contributed by atoms with Crippen molar-refractivity contribution in [2.45, 2.75) is 56.1 Å². The van der Waals surface area contributed by atoms with E-state index in [0.29, 0.717) is 0 Å². The Morgan fingerprint density at radius 1 is 1.25 bits per heavy atom. The zero-order valence-electron chi connectivity index (χ0n) is 8.47. The molecule has 1 rings (SSSR count). The first kappa shape index (κ1) is 10.4. The quantitative estimate of drug-likeness (QED) is 0.729. The molecule has 0 aliphatic heterocycles. The van der Waals surface area contributed by atoms with E-state index in [2.05, 4.69) is 38.0 Å². The molecule has 12 heavy (non-hydrogen) atoms. The van der Waals surface area contributed by atoms with Gasteiger partial charge in [0.05, 0.1) is 0 Å². The van der Waals surface area contributed by atoms with E-state index in [1.165, 1.54) is 25.7 Å². The Hall–Kier alpha value is 0.310. The molecular weight excluding hydrogens is 166 g/mol. The van der Waals surface area contributed by atoms with Gasteiger partial charge in [-0.2, -0.15) is 11.8 Å². The van der Waals surface area contributed by atoms with Crippen LogP contribution in [0.25, 0.3) is 0 Å².